The van der Waals surface area contributed by atoms with Gasteiger partial charge in [0.1, 0.15) is 17.7 Å². The minimum atomic E-state index is -0.473. The van der Waals surface area contributed by atoms with E-state index < -0.39 is 6.04 Å². The lowest BCUT2D eigenvalue weighted by molar-refractivity contribution is -0.121. The van der Waals surface area contributed by atoms with E-state index in [1.807, 2.05) is 30.3 Å². The molecule has 0 aliphatic heterocycles. The second-order valence-corrected chi connectivity index (χ2v) is 7.17. The number of aromatic amines is 1. The monoisotopic (exact) mass is 420 g/mol. The lowest BCUT2D eigenvalue weighted by atomic mass is 10.1. The standard InChI is InChI=1S/C22H21FN6O2/c1-13-12-16(8-9-17(13)23)21-26-19(31-29-21)11-10-18(30)25-20(15-6-4-3-5-7-15)22-24-14(2)27-28-22/h3-9,12,20H,10-11H2,1-2H3,(H,25,30)(H,24,27,28). The van der Waals surface area contributed by atoms with Crippen molar-refractivity contribution >= 4 is 5.91 Å². The van der Waals surface area contributed by atoms with Crippen molar-refractivity contribution in [3.05, 3.63) is 83.0 Å². The molecule has 0 spiro atoms. The fourth-order valence-corrected chi connectivity index (χ4v) is 3.14. The highest BCUT2D eigenvalue weighted by molar-refractivity contribution is 5.77. The molecule has 0 bridgehead atoms. The zero-order valence-corrected chi connectivity index (χ0v) is 17.1. The predicted octanol–water partition coefficient (Wildman–Crippen LogP) is 3.45. The Bertz CT molecular complexity index is 1190. The van der Waals surface area contributed by atoms with Gasteiger partial charge in [-0.05, 0) is 43.2 Å². The minimum absolute atomic E-state index is 0.150. The third kappa shape index (κ3) is 4.82. The third-order valence-electron chi connectivity index (χ3n) is 4.76. The van der Waals surface area contributed by atoms with Crippen LogP contribution in [0.15, 0.2) is 53.1 Å². The maximum absolute atomic E-state index is 13.5. The summed E-state index contributed by atoms with van der Waals surface area (Å²) < 4.78 is 18.7. The van der Waals surface area contributed by atoms with Gasteiger partial charge in [0.15, 0.2) is 5.82 Å². The summed E-state index contributed by atoms with van der Waals surface area (Å²) in [5.74, 6) is 1.35. The van der Waals surface area contributed by atoms with Crippen LogP contribution in [0.4, 0.5) is 4.39 Å². The van der Waals surface area contributed by atoms with Crippen LogP contribution in [-0.2, 0) is 11.2 Å². The Morgan fingerprint density at radius 3 is 2.68 bits per heavy atom. The van der Waals surface area contributed by atoms with E-state index in [1.165, 1.54) is 6.07 Å². The molecule has 4 aromatic rings. The molecule has 2 aromatic heterocycles. The number of amides is 1. The number of nitrogens with zero attached hydrogens (tertiary/aromatic N) is 4. The highest BCUT2D eigenvalue weighted by atomic mass is 19.1. The summed E-state index contributed by atoms with van der Waals surface area (Å²) in [5, 5.41) is 13.9. The molecule has 2 N–H and O–H groups in total. The zero-order chi connectivity index (χ0) is 21.8. The molecule has 1 unspecified atom stereocenters. The number of aromatic nitrogens is 5. The van der Waals surface area contributed by atoms with E-state index in [1.54, 1.807) is 26.0 Å². The summed E-state index contributed by atoms with van der Waals surface area (Å²) in [7, 11) is 0. The van der Waals surface area contributed by atoms with Gasteiger partial charge < -0.3 is 9.84 Å². The normalized spacial score (nSPS) is 12.0. The van der Waals surface area contributed by atoms with Crippen LogP contribution in [0.5, 0.6) is 0 Å². The van der Waals surface area contributed by atoms with Crippen molar-refractivity contribution in [2.75, 3.05) is 0 Å². The largest absolute Gasteiger partial charge is 0.342 e. The first-order chi connectivity index (χ1) is 15.0. The van der Waals surface area contributed by atoms with Crippen molar-refractivity contribution in [2.24, 2.45) is 0 Å². The summed E-state index contributed by atoms with van der Waals surface area (Å²) in [4.78, 5) is 21.3. The van der Waals surface area contributed by atoms with Crippen LogP contribution in [0.3, 0.4) is 0 Å². The molecule has 2 aromatic carbocycles. The van der Waals surface area contributed by atoms with Gasteiger partial charge in [-0.3, -0.25) is 9.89 Å². The van der Waals surface area contributed by atoms with Gasteiger partial charge in [0.2, 0.25) is 17.6 Å². The summed E-state index contributed by atoms with van der Waals surface area (Å²) >= 11 is 0. The number of H-pyrrole nitrogens is 1. The van der Waals surface area contributed by atoms with E-state index in [0.717, 1.165) is 5.56 Å². The second-order valence-electron chi connectivity index (χ2n) is 7.17. The molecule has 0 aliphatic carbocycles. The Morgan fingerprint density at radius 2 is 1.97 bits per heavy atom. The second kappa shape index (κ2) is 8.86. The molecule has 0 radical (unpaired) electrons. The average molecular weight is 420 g/mol. The molecule has 158 valence electrons. The molecule has 9 heteroatoms. The minimum Gasteiger partial charge on any atom is -0.342 e. The Kier molecular flexibility index (Phi) is 5.83. The molecule has 8 nitrogen and oxygen atoms in total. The van der Waals surface area contributed by atoms with Gasteiger partial charge in [-0.1, -0.05) is 35.5 Å². The van der Waals surface area contributed by atoms with Gasteiger partial charge in [0.25, 0.3) is 0 Å². The molecule has 0 saturated carbocycles. The number of carbonyl (C=O) groups is 1. The van der Waals surface area contributed by atoms with Gasteiger partial charge in [-0.2, -0.15) is 10.1 Å². The van der Waals surface area contributed by atoms with Crippen molar-refractivity contribution in [1.82, 2.24) is 30.6 Å². The molecule has 1 amide bonds. The number of rotatable bonds is 7. The molecular weight excluding hydrogens is 399 g/mol. The van der Waals surface area contributed by atoms with Gasteiger partial charge in [-0.25, -0.2) is 9.37 Å². The molecule has 0 saturated heterocycles. The SMILES string of the molecule is Cc1nc(C(NC(=O)CCc2nc(-c3ccc(F)c(C)c3)no2)c2ccccc2)n[nH]1. The molecular formula is C22H21FN6O2. The Hall–Kier alpha value is -3.88. The smallest absolute Gasteiger partial charge is 0.227 e. The summed E-state index contributed by atoms with van der Waals surface area (Å²) in [5.41, 5.74) is 2.03. The van der Waals surface area contributed by atoms with Crippen molar-refractivity contribution in [3.63, 3.8) is 0 Å². The molecule has 1 atom stereocenters. The van der Waals surface area contributed by atoms with E-state index in [2.05, 4.69) is 30.6 Å². The van der Waals surface area contributed by atoms with Gasteiger partial charge in [-0.15, -0.1) is 0 Å². The summed E-state index contributed by atoms with van der Waals surface area (Å²) in [6, 6.07) is 13.6. The molecule has 4 rings (SSSR count). The van der Waals surface area contributed by atoms with Crippen LogP contribution in [0.25, 0.3) is 11.4 Å². The number of halogens is 1. The number of carbonyl (C=O) groups excluding carboxylic acids is 1. The molecule has 2 heterocycles. The van der Waals surface area contributed by atoms with Gasteiger partial charge in [0.05, 0.1) is 0 Å². The van der Waals surface area contributed by atoms with Crippen LogP contribution in [-0.4, -0.2) is 31.2 Å². The van der Waals surface area contributed by atoms with Crippen LogP contribution < -0.4 is 5.32 Å². The first kappa shape index (κ1) is 20.4. The highest BCUT2D eigenvalue weighted by Gasteiger charge is 2.21. The maximum atomic E-state index is 13.5. The zero-order valence-electron chi connectivity index (χ0n) is 17.1. The maximum Gasteiger partial charge on any atom is 0.227 e. The van der Waals surface area contributed by atoms with E-state index in [4.69, 9.17) is 4.52 Å². The van der Waals surface area contributed by atoms with Crippen LogP contribution in [0.2, 0.25) is 0 Å². The third-order valence-corrected chi connectivity index (χ3v) is 4.76. The number of hydrogen-bond acceptors (Lipinski definition) is 6. The topological polar surface area (TPSA) is 110 Å². The molecule has 0 fully saturated rings. The Balaban J connectivity index is 1.42. The van der Waals surface area contributed by atoms with Gasteiger partial charge in [0, 0.05) is 18.4 Å². The first-order valence-corrected chi connectivity index (χ1v) is 9.82. The van der Waals surface area contributed by atoms with Crippen molar-refractivity contribution in [1.29, 1.82) is 0 Å². The summed E-state index contributed by atoms with van der Waals surface area (Å²) in [6.45, 7) is 3.47. The van der Waals surface area contributed by atoms with E-state index in [-0.39, 0.29) is 24.6 Å². The van der Waals surface area contributed by atoms with Crippen molar-refractivity contribution < 1.29 is 13.7 Å². The van der Waals surface area contributed by atoms with E-state index in [9.17, 15) is 9.18 Å². The Labute approximate surface area is 177 Å². The van der Waals surface area contributed by atoms with E-state index in [0.29, 0.717) is 34.5 Å². The molecule has 31 heavy (non-hydrogen) atoms. The lowest BCUT2D eigenvalue weighted by Crippen LogP contribution is -2.30. The number of hydrogen-bond donors (Lipinski definition) is 2. The fraction of sp³-hybridized carbons (Fsp3) is 0.227. The van der Waals surface area contributed by atoms with Gasteiger partial charge >= 0.3 is 0 Å². The highest BCUT2D eigenvalue weighted by Crippen LogP contribution is 2.21. The van der Waals surface area contributed by atoms with E-state index >= 15 is 0 Å². The predicted molar refractivity (Wildman–Crippen MR) is 110 cm³/mol. The number of aryl methyl sites for hydroxylation is 3. The average Bonchev–Trinajstić information content (AvgIpc) is 3.42. The lowest BCUT2D eigenvalue weighted by Gasteiger charge is -2.16. The molecule has 0 aliphatic rings. The number of benzene rings is 2. The van der Waals surface area contributed by atoms with Crippen LogP contribution in [0.1, 0.15) is 41.1 Å². The summed E-state index contributed by atoms with van der Waals surface area (Å²) in [6.07, 6.45) is 0.421. The van der Waals surface area contributed by atoms with Crippen LogP contribution >= 0.6 is 0 Å². The Morgan fingerprint density at radius 1 is 1.16 bits per heavy atom. The first-order valence-electron chi connectivity index (χ1n) is 9.82. The number of nitrogens with one attached hydrogen (secondary N) is 2. The van der Waals surface area contributed by atoms with Crippen molar-refractivity contribution in [3.8, 4) is 11.4 Å². The van der Waals surface area contributed by atoms with Crippen molar-refractivity contribution in [2.45, 2.75) is 32.7 Å². The van der Waals surface area contributed by atoms with Crippen LogP contribution in [0, 0.1) is 19.7 Å². The quantitative estimate of drug-likeness (QED) is 0.474. The fourth-order valence-electron chi connectivity index (χ4n) is 3.14.